The van der Waals surface area contributed by atoms with Crippen molar-refractivity contribution in [2.45, 2.75) is 226 Å². The van der Waals surface area contributed by atoms with Crippen LogP contribution >= 0.6 is 7.82 Å². The Bertz CT molecular complexity index is 1050. The summed E-state index contributed by atoms with van der Waals surface area (Å²) in [6, 6.07) is 0. The number of nitrogens with one attached hydrogen (secondary N) is 1. The van der Waals surface area contributed by atoms with Crippen LogP contribution in [0.25, 0.3) is 0 Å². The van der Waals surface area contributed by atoms with E-state index in [1.54, 1.807) is 0 Å². The maximum Gasteiger partial charge on any atom is 0.472 e. The molecule has 0 fully saturated rings. The Morgan fingerprint density at radius 1 is 0.526 bits per heavy atom. The van der Waals surface area contributed by atoms with Crippen LogP contribution in [0.3, 0.4) is 0 Å². The van der Waals surface area contributed by atoms with Gasteiger partial charge in [0, 0.05) is 25.8 Å². The molecule has 0 bridgehead atoms. The number of esters is 2. The monoisotopic (exact) mass is 828 g/mol. The molecule has 2 N–H and O–H groups in total. The lowest BCUT2D eigenvalue weighted by Gasteiger charge is -2.20. The maximum atomic E-state index is 12.7. The number of carbonyl (C=O) groups is 3. The van der Waals surface area contributed by atoms with Gasteiger partial charge in [0.15, 0.2) is 6.10 Å². The van der Waals surface area contributed by atoms with Crippen molar-refractivity contribution in [1.29, 1.82) is 0 Å². The third-order valence-electron chi connectivity index (χ3n) is 9.87. The highest BCUT2D eigenvalue weighted by Crippen LogP contribution is 2.43. The van der Waals surface area contributed by atoms with Gasteiger partial charge in [0.2, 0.25) is 5.91 Å². The minimum absolute atomic E-state index is 0.0544. The molecule has 0 aromatic rings. The number of phosphoric acid groups is 1. The van der Waals surface area contributed by atoms with E-state index in [2.05, 4.69) is 43.5 Å². The van der Waals surface area contributed by atoms with Crippen molar-refractivity contribution < 1.29 is 42.4 Å². The van der Waals surface area contributed by atoms with E-state index < -0.39 is 32.5 Å². The standard InChI is InChI=1S/C46H86NO9P/c1-4-7-10-12-14-16-18-20-22-24-26-28-30-32-34-37-45(49)53-41-43(42-55-57(51,52)54-40-39-47-44(48)36-9-6-3)56-46(50)38-35-33-31-29-27-25-23-21-19-17-15-13-11-8-5-2/h20-23,43H,4-19,24-42H2,1-3H3,(H,47,48)(H,51,52)/b22-20-,23-21-/t43-/m1/s1. The van der Waals surface area contributed by atoms with Gasteiger partial charge in [-0.1, -0.05) is 154 Å². The van der Waals surface area contributed by atoms with Gasteiger partial charge < -0.3 is 19.7 Å². The summed E-state index contributed by atoms with van der Waals surface area (Å²) in [5.74, 6) is -1.04. The summed E-state index contributed by atoms with van der Waals surface area (Å²) in [7, 11) is -4.51. The number of phosphoric ester groups is 1. The zero-order valence-corrected chi connectivity index (χ0v) is 37.7. The van der Waals surface area contributed by atoms with Crippen molar-refractivity contribution >= 4 is 25.7 Å². The first-order chi connectivity index (χ1) is 27.7. The highest BCUT2D eigenvalue weighted by molar-refractivity contribution is 7.47. The second-order valence-corrected chi connectivity index (χ2v) is 17.0. The number of hydrogen-bond donors (Lipinski definition) is 2. The molecular weight excluding hydrogens is 741 g/mol. The summed E-state index contributed by atoms with van der Waals surface area (Å²) in [5, 5.41) is 2.63. The van der Waals surface area contributed by atoms with Crippen molar-refractivity contribution in [3.8, 4) is 0 Å². The van der Waals surface area contributed by atoms with Crippen LogP contribution in [-0.2, 0) is 37.5 Å². The molecule has 0 aliphatic heterocycles. The van der Waals surface area contributed by atoms with Crippen LogP contribution in [0.4, 0.5) is 0 Å². The summed E-state index contributed by atoms with van der Waals surface area (Å²) < 4.78 is 33.5. The summed E-state index contributed by atoms with van der Waals surface area (Å²) in [6.45, 7) is 5.55. The topological polar surface area (TPSA) is 137 Å². The molecule has 0 saturated carbocycles. The minimum Gasteiger partial charge on any atom is -0.462 e. The summed E-state index contributed by atoms with van der Waals surface area (Å²) in [6.07, 6.45) is 40.8. The van der Waals surface area contributed by atoms with Crippen molar-refractivity contribution in [3.05, 3.63) is 24.3 Å². The second-order valence-electron chi connectivity index (χ2n) is 15.5. The fraction of sp³-hybridized carbons (Fsp3) is 0.848. The van der Waals surface area contributed by atoms with Crippen LogP contribution in [-0.4, -0.2) is 55.2 Å². The number of allylic oxidation sites excluding steroid dienone is 4. The molecule has 1 amide bonds. The smallest absolute Gasteiger partial charge is 0.462 e. The Balaban J connectivity index is 4.48. The molecule has 0 spiro atoms. The van der Waals surface area contributed by atoms with Crippen molar-refractivity contribution in [2.75, 3.05) is 26.4 Å². The van der Waals surface area contributed by atoms with Crippen molar-refractivity contribution in [3.63, 3.8) is 0 Å². The predicted octanol–water partition coefficient (Wildman–Crippen LogP) is 13.0. The number of amides is 1. The number of unbranched alkanes of at least 4 members (excludes halogenated alkanes) is 23. The van der Waals surface area contributed by atoms with Gasteiger partial charge in [-0.05, 0) is 70.6 Å². The lowest BCUT2D eigenvalue weighted by Crippen LogP contribution is -2.30. The Labute approximate surface area is 349 Å². The SMILES string of the molecule is CCCCCCCC/C=C\CCCCCCCC(=O)OC[C@H](COP(=O)(O)OCCNC(=O)CCCC)OC(=O)CCCCCCC/C=C\CCCCCCCC. The first-order valence-corrected chi connectivity index (χ1v) is 24.8. The number of rotatable bonds is 43. The molecule has 0 aliphatic rings. The molecular formula is C46H86NO9P. The normalized spacial score (nSPS) is 13.3. The van der Waals surface area contributed by atoms with Gasteiger partial charge in [-0.2, -0.15) is 0 Å². The van der Waals surface area contributed by atoms with Crippen LogP contribution < -0.4 is 5.32 Å². The van der Waals surface area contributed by atoms with Gasteiger partial charge >= 0.3 is 19.8 Å². The molecule has 11 heteroatoms. The fourth-order valence-electron chi connectivity index (χ4n) is 6.29. The largest absolute Gasteiger partial charge is 0.472 e. The van der Waals surface area contributed by atoms with Gasteiger partial charge in [0.25, 0.3) is 0 Å². The van der Waals surface area contributed by atoms with Gasteiger partial charge in [-0.3, -0.25) is 23.4 Å². The molecule has 2 atom stereocenters. The molecule has 0 saturated heterocycles. The first kappa shape index (κ1) is 55.0. The maximum absolute atomic E-state index is 12.7. The summed E-state index contributed by atoms with van der Waals surface area (Å²) in [5.41, 5.74) is 0. The molecule has 57 heavy (non-hydrogen) atoms. The highest BCUT2D eigenvalue weighted by Gasteiger charge is 2.26. The van der Waals surface area contributed by atoms with E-state index in [1.165, 1.54) is 89.9 Å². The Hall–Kier alpha value is -2.00. The quantitative estimate of drug-likeness (QED) is 0.0266. The van der Waals surface area contributed by atoms with E-state index in [-0.39, 0.29) is 38.5 Å². The van der Waals surface area contributed by atoms with Crippen LogP contribution in [0.5, 0.6) is 0 Å². The molecule has 1 unspecified atom stereocenters. The van der Waals surface area contributed by atoms with E-state index in [0.717, 1.165) is 77.0 Å². The molecule has 0 aliphatic carbocycles. The average Bonchev–Trinajstić information content (AvgIpc) is 3.19. The zero-order chi connectivity index (χ0) is 41.9. The van der Waals surface area contributed by atoms with E-state index in [1.807, 2.05) is 6.92 Å². The highest BCUT2D eigenvalue weighted by atomic mass is 31.2. The van der Waals surface area contributed by atoms with Gasteiger partial charge in [0.05, 0.1) is 13.2 Å². The summed E-state index contributed by atoms with van der Waals surface area (Å²) in [4.78, 5) is 47.2. The van der Waals surface area contributed by atoms with E-state index >= 15 is 0 Å². The number of ether oxygens (including phenoxy) is 2. The third kappa shape index (κ3) is 41.9. The van der Waals surface area contributed by atoms with E-state index in [9.17, 15) is 23.8 Å². The van der Waals surface area contributed by atoms with Gasteiger partial charge in [-0.25, -0.2) is 4.57 Å². The molecule has 0 radical (unpaired) electrons. The number of carbonyl (C=O) groups excluding carboxylic acids is 3. The molecule has 0 rings (SSSR count). The van der Waals surface area contributed by atoms with Gasteiger partial charge in [-0.15, -0.1) is 0 Å². The Morgan fingerprint density at radius 3 is 1.42 bits per heavy atom. The average molecular weight is 828 g/mol. The zero-order valence-electron chi connectivity index (χ0n) is 36.8. The molecule has 0 heterocycles. The molecule has 10 nitrogen and oxygen atoms in total. The van der Waals surface area contributed by atoms with E-state index in [4.69, 9.17) is 18.5 Å². The minimum atomic E-state index is -4.51. The fourth-order valence-corrected chi connectivity index (χ4v) is 7.04. The second kappa shape index (κ2) is 42.1. The first-order valence-electron chi connectivity index (χ1n) is 23.3. The van der Waals surface area contributed by atoms with Crippen molar-refractivity contribution in [2.24, 2.45) is 0 Å². The van der Waals surface area contributed by atoms with Crippen LogP contribution in [0, 0.1) is 0 Å². The van der Waals surface area contributed by atoms with Gasteiger partial charge in [0.1, 0.15) is 6.61 Å². The van der Waals surface area contributed by atoms with Crippen LogP contribution in [0.1, 0.15) is 220 Å². The Kier molecular flexibility index (Phi) is 40.7. The number of hydrogen-bond acceptors (Lipinski definition) is 8. The summed E-state index contributed by atoms with van der Waals surface area (Å²) >= 11 is 0. The Morgan fingerprint density at radius 2 is 0.947 bits per heavy atom. The van der Waals surface area contributed by atoms with Crippen molar-refractivity contribution in [1.82, 2.24) is 5.32 Å². The lowest BCUT2D eigenvalue weighted by atomic mass is 10.1. The predicted molar refractivity (Wildman–Crippen MR) is 234 cm³/mol. The van der Waals surface area contributed by atoms with E-state index in [0.29, 0.717) is 19.3 Å². The molecule has 0 aromatic carbocycles. The van der Waals surface area contributed by atoms with Crippen LogP contribution in [0.15, 0.2) is 24.3 Å². The van der Waals surface area contributed by atoms with Crippen LogP contribution in [0.2, 0.25) is 0 Å². The third-order valence-corrected chi connectivity index (χ3v) is 10.9. The molecule has 334 valence electrons. The molecule has 0 aromatic heterocycles. The lowest BCUT2D eigenvalue weighted by molar-refractivity contribution is -0.161.